The van der Waals surface area contributed by atoms with Crippen molar-refractivity contribution in [3.8, 4) is 34.5 Å². The molecule has 0 aliphatic carbocycles. The lowest BCUT2D eigenvalue weighted by Gasteiger charge is -2.26. The van der Waals surface area contributed by atoms with Gasteiger partial charge in [-0.1, -0.05) is 114 Å². The molecule has 6 heteroatoms. The fraction of sp³-hybridized carbons (Fsp3) is 0.200. The number of benzene rings is 6. The maximum absolute atomic E-state index is 9.30. The lowest BCUT2D eigenvalue weighted by atomic mass is 9.78. The van der Waals surface area contributed by atoms with Crippen LogP contribution < -0.4 is 0 Å². The minimum Gasteiger partial charge on any atom is -0.508 e. The molecule has 0 aliphatic rings. The van der Waals surface area contributed by atoms with Crippen LogP contribution in [-0.4, -0.2) is 30.6 Å². The van der Waals surface area contributed by atoms with E-state index >= 15 is 0 Å². The molecule has 264 valence electrons. The zero-order valence-electron chi connectivity index (χ0n) is 30.0. The quantitative estimate of drug-likeness (QED) is 0.104. The van der Waals surface area contributed by atoms with E-state index < -0.39 is 0 Å². The van der Waals surface area contributed by atoms with Crippen LogP contribution in [0, 0.1) is 0 Å². The van der Waals surface area contributed by atoms with Gasteiger partial charge in [0.15, 0.2) is 0 Å². The number of phenolic OH excluding ortho intramolecular Hbond substituents is 6. The van der Waals surface area contributed by atoms with E-state index in [2.05, 4.69) is 41.5 Å². The first kappa shape index (κ1) is 37.9. The van der Waals surface area contributed by atoms with Crippen molar-refractivity contribution >= 4 is 0 Å². The van der Waals surface area contributed by atoms with Gasteiger partial charge in [0.1, 0.15) is 34.5 Å². The molecule has 0 saturated carbocycles. The van der Waals surface area contributed by atoms with Crippen molar-refractivity contribution in [1.29, 1.82) is 0 Å². The highest BCUT2D eigenvalue weighted by Gasteiger charge is 2.24. The van der Waals surface area contributed by atoms with Crippen LogP contribution in [0.2, 0.25) is 0 Å². The zero-order valence-corrected chi connectivity index (χ0v) is 30.0. The summed E-state index contributed by atoms with van der Waals surface area (Å²) in [6.45, 7) is 12.7. The molecular weight excluding hydrogens is 636 g/mol. The molecule has 6 aromatic rings. The molecule has 0 fully saturated rings. The van der Waals surface area contributed by atoms with Crippen molar-refractivity contribution in [2.45, 2.75) is 57.8 Å². The van der Waals surface area contributed by atoms with Crippen molar-refractivity contribution in [2.75, 3.05) is 0 Å². The topological polar surface area (TPSA) is 121 Å². The molecule has 6 nitrogen and oxygen atoms in total. The van der Waals surface area contributed by atoms with Gasteiger partial charge in [0.25, 0.3) is 0 Å². The van der Waals surface area contributed by atoms with Crippen LogP contribution in [-0.2, 0) is 16.2 Å². The first-order valence-electron chi connectivity index (χ1n) is 16.8. The number of phenols is 6. The normalized spacial score (nSPS) is 11.4. The van der Waals surface area contributed by atoms with Crippen LogP contribution >= 0.6 is 0 Å². The van der Waals surface area contributed by atoms with E-state index in [-0.39, 0.29) is 50.7 Å². The molecule has 0 aromatic heterocycles. The second kappa shape index (κ2) is 15.8. The summed E-state index contributed by atoms with van der Waals surface area (Å²) < 4.78 is 0. The molecule has 0 unspecified atom stereocenters. The lowest BCUT2D eigenvalue weighted by Crippen LogP contribution is -2.18. The first-order chi connectivity index (χ1) is 24.0. The Morgan fingerprint density at radius 2 is 0.314 bits per heavy atom. The third-order valence-corrected chi connectivity index (χ3v) is 9.53. The summed E-state index contributed by atoms with van der Waals surface area (Å²) in [5, 5.41) is 55.8. The molecule has 0 bridgehead atoms. The predicted molar refractivity (Wildman–Crippen MR) is 205 cm³/mol. The molecule has 0 saturated heterocycles. The van der Waals surface area contributed by atoms with E-state index in [1.165, 1.54) is 0 Å². The Balaban J connectivity index is 0.000000172. The number of hydrogen-bond donors (Lipinski definition) is 6. The SMILES string of the molecule is CC(C)(c1ccc(O)cc1)c1ccc(O)cc1.CC(C)(c1ccc(O)cc1)c1ccc(O)cc1.CC(C)(c1ccc(O)cc1)c1ccc(O)cc1. The average molecular weight is 685 g/mol. The second-order valence-electron chi connectivity index (χ2n) is 14.2. The van der Waals surface area contributed by atoms with Crippen LogP contribution in [0.1, 0.15) is 74.9 Å². The minimum absolute atomic E-state index is 0.151. The lowest BCUT2D eigenvalue weighted by molar-refractivity contribution is 0.473. The molecule has 0 heterocycles. The Bertz CT molecular complexity index is 1580. The summed E-state index contributed by atoms with van der Waals surface area (Å²) in [6.07, 6.45) is 0. The van der Waals surface area contributed by atoms with Crippen molar-refractivity contribution in [2.24, 2.45) is 0 Å². The summed E-state index contributed by atoms with van der Waals surface area (Å²) in [5.41, 5.74) is 6.30. The van der Waals surface area contributed by atoms with Crippen LogP contribution in [0.15, 0.2) is 146 Å². The fourth-order valence-electron chi connectivity index (χ4n) is 5.77. The largest absolute Gasteiger partial charge is 0.508 e. The molecule has 0 radical (unpaired) electrons. The van der Waals surface area contributed by atoms with Crippen LogP contribution in [0.4, 0.5) is 0 Å². The summed E-state index contributed by atoms with van der Waals surface area (Å²) >= 11 is 0. The van der Waals surface area contributed by atoms with Crippen molar-refractivity contribution in [3.05, 3.63) is 179 Å². The predicted octanol–water partition coefficient (Wildman–Crippen LogP) is 10.3. The smallest absolute Gasteiger partial charge is 0.115 e. The number of rotatable bonds is 6. The molecule has 0 amide bonds. The monoisotopic (exact) mass is 684 g/mol. The molecule has 0 spiro atoms. The molecule has 6 aromatic carbocycles. The van der Waals surface area contributed by atoms with Crippen LogP contribution in [0.5, 0.6) is 34.5 Å². The Morgan fingerprint density at radius 1 is 0.216 bits per heavy atom. The van der Waals surface area contributed by atoms with Gasteiger partial charge < -0.3 is 30.6 Å². The maximum Gasteiger partial charge on any atom is 0.115 e. The molecule has 6 N–H and O–H groups in total. The highest BCUT2D eigenvalue weighted by Crippen LogP contribution is 2.35. The average Bonchev–Trinajstić information content (AvgIpc) is 3.10. The van der Waals surface area contributed by atoms with Gasteiger partial charge in [0.05, 0.1) is 0 Å². The van der Waals surface area contributed by atoms with E-state index in [4.69, 9.17) is 0 Å². The summed E-state index contributed by atoms with van der Waals surface area (Å²) in [4.78, 5) is 0. The molecular formula is C45H48O6. The maximum atomic E-state index is 9.30. The second-order valence-corrected chi connectivity index (χ2v) is 14.2. The third-order valence-electron chi connectivity index (χ3n) is 9.53. The van der Waals surface area contributed by atoms with Crippen LogP contribution in [0.25, 0.3) is 0 Å². The van der Waals surface area contributed by atoms with Gasteiger partial charge in [-0.2, -0.15) is 0 Å². The van der Waals surface area contributed by atoms with Crippen molar-refractivity contribution < 1.29 is 30.6 Å². The van der Waals surface area contributed by atoms with Gasteiger partial charge in [-0.25, -0.2) is 0 Å². The van der Waals surface area contributed by atoms with Gasteiger partial charge in [-0.15, -0.1) is 0 Å². The molecule has 0 atom stereocenters. The van der Waals surface area contributed by atoms with E-state index in [0.717, 1.165) is 33.4 Å². The molecule has 0 aliphatic heterocycles. The number of aromatic hydroxyl groups is 6. The standard InChI is InChI=1S/3C15H16O2/c3*1-15(2,11-3-7-13(16)8-4-11)12-5-9-14(17)10-6-12/h3*3-10,16-17H,1-2H3. The Morgan fingerprint density at radius 3 is 0.412 bits per heavy atom. The summed E-state index contributed by atoms with van der Waals surface area (Å²) in [5.74, 6) is 1.64. The zero-order chi connectivity index (χ0) is 37.4. The van der Waals surface area contributed by atoms with Crippen molar-refractivity contribution in [1.82, 2.24) is 0 Å². The summed E-state index contributed by atoms with van der Waals surface area (Å²) in [6, 6.07) is 43.3. The van der Waals surface area contributed by atoms with E-state index in [0.29, 0.717) is 0 Å². The fourth-order valence-corrected chi connectivity index (χ4v) is 5.77. The molecule has 51 heavy (non-hydrogen) atoms. The van der Waals surface area contributed by atoms with Gasteiger partial charge in [0, 0.05) is 16.2 Å². The number of hydrogen-bond acceptors (Lipinski definition) is 6. The minimum atomic E-state index is -0.151. The Hall–Kier alpha value is -5.88. The van der Waals surface area contributed by atoms with Crippen molar-refractivity contribution in [3.63, 3.8) is 0 Å². The van der Waals surface area contributed by atoms with Crippen LogP contribution in [0.3, 0.4) is 0 Å². The van der Waals surface area contributed by atoms with Gasteiger partial charge >= 0.3 is 0 Å². The first-order valence-corrected chi connectivity index (χ1v) is 16.8. The Kier molecular flexibility index (Phi) is 11.7. The van der Waals surface area contributed by atoms with E-state index in [1.807, 2.05) is 72.8 Å². The Labute approximate surface area is 301 Å². The highest BCUT2D eigenvalue weighted by molar-refractivity contribution is 5.44. The third kappa shape index (κ3) is 9.64. The van der Waals surface area contributed by atoms with Gasteiger partial charge in [0.2, 0.25) is 0 Å². The molecule has 6 rings (SSSR count). The van der Waals surface area contributed by atoms with Gasteiger partial charge in [-0.3, -0.25) is 0 Å². The van der Waals surface area contributed by atoms with E-state index in [1.54, 1.807) is 72.8 Å². The highest BCUT2D eigenvalue weighted by atomic mass is 16.3. The van der Waals surface area contributed by atoms with Gasteiger partial charge in [-0.05, 0) is 106 Å². The summed E-state index contributed by atoms with van der Waals surface area (Å²) in [7, 11) is 0. The van der Waals surface area contributed by atoms with E-state index in [9.17, 15) is 30.6 Å².